The molecule has 0 bridgehead atoms. The summed E-state index contributed by atoms with van der Waals surface area (Å²) in [5.41, 5.74) is 3.84. The quantitative estimate of drug-likeness (QED) is 0.445. The zero-order valence-corrected chi connectivity index (χ0v) is 17.3. The van der Waals surface area contributed by atoms with Gasteiger partial charge in [-0.2, -0.15) is 0 Å². The summed E-state index contributed by atoms with van der Waals surface area (Å²) in [4.78, 5) is 24.1. The molecule has 0 atom stereocenters. The third kappa shape index (κ3) is 3.40. The lowest BCUT2D eigenvalue weighted by Gasteiger charge is -2.16. The number of hydrogen-bond acceptors (Lipinski definition) is 3. The molecule has 5 rings (SSSR count). The summed E-state index contributed by atoms with van der Waals surface area (Å²) in [6, 6.07) is 18.0. The van der Waals surface area contributed by atoms with Crippen LogP contribution >= 0.6 is 0 Å². The minimum atomic E-state index is -0.299. The molecular formula is C25H21FN4O. The molecule has 6 heteroatoms. The van der Waals surface area contributed by atoms with Crippen LogP contribution in [-0.4, -0.2) is 20.4 Å². The predicted octanol–water partition coefficient (Wildman–Crippen LogP) is 5.49. The number of rotatable bonds is 4. The van der Waals surface area contributed by atoms with Crippen molar-refractivity contribution in [1.29, 1.82) is 0 Å². The highest BCUT2D eigenvalue weighted by molar-refractivity contribution is 6.10. The molecule has 3 heterocycles. The minimum Gasteiger partial charge on any atom is -0.327 e. The number of nitrogens with zero attached hydrogens (tertiary/aromatic N) is 4. The van der Waals surface area contributed by atoms with Gasteiger partial charge in [0.1, 0.15) is 17.3 Å². The van der Waals surface area contributed by atoms with Crippen molar-refractivity contribution in [1.82, 2.24) is 14.5 Å². The van der Waals surface area contributed by atoms with E-state index in [1.165, 1.54) is 12.1 Å². The van der Waals surface area contributed by atoms with Crippen molar-refractivity contribution in [3.05, 3.63) is 90.0 Å². The monoisotopic (exact) mass is 412 g/mol. The van der Waals surface area contributed by atoms with E-state index in [0.717, 1.165) is 28.2 Å². The molecule has 31 heavy (non-hydrogen) atoms. The number of imidazole rings is 1. The molecule has 5 nitrogen and oxygen atoms in total. The summed E-state index contributed by atoms with van der Waals surface area (Å²) in [7, 11) is 0. The Morgan fingerprint density at radius 1 is 1.00 bits per heavy atom. The van der Waals surface area contributed by atoms with E-state index in [2.05, 4.69) is 23.4 Å². The number of aromatic nitrogens is 3. The molecular weight excluding hydrogens is 391 g/mol. The van der Waals surface area contributed by atoms with E-state index >= 15 is 0 Å². The van der Waals surface area contributed by atoms with E-state index < -0.39 is 0 Å². The highest BCUT2D eigenvalue weighted by Gasteiger charge is 2.30. The van der Waals surface area contributed by atoms with Crippen LogP contribution in [0.2, 0.25) is 0 Å². The Bertz CT molecular complexity index is 1290. The number of amides is 1. The number of carbonyl (C=O) groups is 1. The van der Waals surface area contributed by atoms with Gasteiger partial charge in [0.15, 0.2) is 5.82 Å². The number of benzene rings is 2. The van der Waals surface area contributed by atoms with Gasteiger partial charge in [0.05, 0.1) is 6.54 Å². The van der Waals surface area contributed by atoms with Gasteiger partial charge >= 0.3 is 0 Å². The van der Waals surface area contributed by atoms with E-state index in [-0.39, 0.29) is 17.8 Å². The molecule has 1 aliphatic rings. The topological polar surface area (TPSA) is 51.0 Å². The SMILES string of the molecule is CC(C)n1ccnc1-c1cccc(N2Cc3ccc(-c4cccc(F)c4)cc3C2=O)n1. The first kappa shape index (κ1) is 19.2. The van der Waals surface area contributed by atoms with Crippen molar-refractivity contribution in [2.45, 2.75) is 26.4 Å². The second-order valence-corrected chi connectivity index (χ2v) is 7.91. The average Bonchev–Trinajstić information content (AvgIpc) is 3.39. The number of pyridine rings is 1. The molecule has 2 aromatic carbocycles. The maximum absolute atomic E-state index is 13.6. The molecule has 0 saturated heterocycles. The number of hydrogen-bond donors (Lipinski definition) is 0. The van der Waals surface area contributed by atoms with Crippen LogP contribution < -0.4 is 4.90 Å². The molecule has 154 valence electrons. The Morgan fingerprint density at radius 2 is 1.81 bits per heavy atom. The number of carbonyl (C=O) groups excluding carboxylic acids is 1. The van der Waals surface area contributed by atoms with Crippen LogP contribution in [0.25, 0.3) is 22.6 Å². The number of fused-ring (bicyclic) bond motifs is 1. The molecule has 0 N–H and O–H groups in total. The molecule has 0 spiro atoms. The summed E-state index contributed by atoms with van der Waals surface area (Å²) >= 11 is 0. The fourth-order valence-corrected chi connectivity index (χ4v) is 3.96. The zero-order chi connectivity index (χ0) is 21.5. The molecule has 0 saturated carbocycles. The van der Waals surface area contributed by atoms with Crippen LogP contribution in [0, 0.1) is 5.82 Å². The highest BCUT2D eigenvalue weighted by Crippen LogP contribution is 2.32. The molecule has 1 amide bonds. The summed E-state index contributed by atoms with van der Waals surface area (Å²) in [5.74, 6) is 0.954. The second kappa shape index (κ2) is 7.47. The largest absolute Gasteiger partial charge is 0.327 e. The lowest BCUT2D eigenvalue weighted by atomic mass is 10.0. The predicted molar refractivity (Wildman–Crippen MR) is 118 cm³/mol. The van der Waals surface area contributed by atoms with Crippen molar-refractivity contribution in [2.75, 3.05) is 4.90 Å². The van der Waals surface area contributed by atoms with E-state index in [1.807, 2.05) is 48.7 Å². The maximum Gasteiger partial charge on any atom is 0.260 e. The van der Waals surface area contributed by atoms with Gasteiger partial charge in [0.2, 0.25) is 0 Å². The van der Waals surface area contributed by atoms with Crippen LogP contribution in [0.5, 0.6) is 0 Å². The number of anilines is 1. The van der Waals surface area contributed by atoms with E-state index in [4.69, 9.17) is 4.98 Å². The van der Waals surface area contributed by atoms with Gasteiger partial charge in [0.25, 0.3) is 5.91 Å². The van der Waals surface area contributed by atoms with Crippen LogP contribution in [0.1, 0.15) is 35.8 Å². The molecule has 1 aliphatic heterocycles. The summed E-state index contributed by atoms with van der Waals surface area (Å²) in [6.45, 7) is 4.63. The molecule has 4 aromatic rings. The van der Waals surface area contributed by atoms with Crippen molar-refractivity contribution >= 4 is 11.7 Å². The van der Waals surface area contributed by atoms with Crippen molar-refractivity contribution in [3.63, 3.8) is 0 Å². The third-order valence-electron chi connectivity index (χ3n) is 5.54. The smallest absolute Gasteiger partial charge is 0.260 e. The summed E-state index contributed by atoms with van der Waals surface area (Å²) in [6.07, 6.45) is 3.69. The molecule has 2 aromatic heterocycles. The lowest BCUT2D eigenvalue weighted by Crippen LogP contribution is -2.24. The highest BCUT2D eigenvalue weighted by atomic mass is 19.1. The maximum atomic E-state index is 13.6. The minimum absolute atomic E-state index is 0.106. The first-order valence-electron chi connectivity index (χ1n) is 10.2. The number of halogens is 1. The fraction of sp³-hybridized carbons (Fsp3) is 0.160. The Hall–Kier alpha value is -3.80. The van der Waals surface area contributed by atoms with Gasteiger partial charge in [0, 0.05) is 24.0 Å². The Morgan fingerprint density at radius 3 is 2.61 bits per heavy atom. The lowest BCUT2D eigenvalue weighted by molar-refractivity contribution is 0.0996. The first-order chi connectivity index (χ1) is 15.0. The van der Waals surface area contributed by atoms with Gasteiger partial charge in [-0.25, -0.2) is 14.4 Å². The van der Waals surface area contributed by atoms with Crippen molar-refractivity contribution < 1.29 is 9.18 Å². The average molecular weight is 412 g/mol. The summed E-state index contributed by atoms with van der Waals surface area (Å²) < 4.78 is 15.7. The van der Waals surface area contributed by atoms with E-state index in [9.17, 15) is 9.18 Å². The first-order valence-corrected chi connectivity index (χ1v) is 10.2. The Labute approximate surface area is 179 Å². The fourth-order valence-electron chi connectivity index (χ4n) is 3.96. The Kier molecular flexibility index (Phi) is 4.62. The van der Waals surface area contributed by atoms with Crippen LogP contribution in [0.15, 0.2) is 73.1 Å². The van der Waals surface area contributed by atoms with Gasteiger partial charge in [-0.1, -0.05) is 30.3 Å². The van der Waals surface area contributed by atoms with Crippen LogP contribution in [-0.2, 0) is 6.54 Å². The summed E-state index contributed by atoms with van der Waals surface area (Å²) in [5, 5.41) is 0. The zero-order valence-electron chi connectivity index (χ0n) is 17.3. The van der Waals surface area contributed by atoms with Gasteiger partial charge in [-0.05, 0) is 60.9 Å². The van der Waals surface area contributed by atoms with Crippen molar-refractivity contribution in [3.8, 4) is 22.6 Å². The van der Waals surface area contributed by atoms with Gasteiger partial charge in [-0.3, -0.25) is 9.69 Å². The molecule has 0 radical (unpaired) electrons. The second-order valence-electron chi connectivity index (χ2n) is 7.91. The van der Waals surface area contributed by atoms with Crippen LogP contribution in [0.3, 0.4) is 0 Å². The van der Waals surface area contributed by atoms with Gasteiger partial charge < -0.3 is 4.57 Å². The molecule has 0 fully saturated rings. The van der Waals surface area contributed by atoms with E-state index in [0.29, 0.717) is 17.9 Å². The Balaban J connectivity index is 1.48. The van der Waals surface area contributed by atoms with Crippen molar-refractivity contribution in [2.24, 2.45) is 0 Å². The molecule has 0 aliphatic carbocycles. The standard InChI is InChI=1S/C25H21FN4O/c1-16(2)29-12-11-27-24(29)22-7-4-8-23(28-22)30-15-19-10-9-18(14-21(19)25(30)31)17-5-3-6-20(26)13-17/h3-14,16H,15H2,1-2H3. The molecule has 0 unspecified atom stereocenters. The van der Waals surface area contributed by atoms with Gasteiger partial charge in [-0.15, -0.1) is 0 Å². The third-order valence-corrected chi connectivity index (χ3v) is 5.54. The normalized spacial score (nSPS) is 13.2. The van der Waals surface area contributed by atoms with Crippen LogP contribution in [0.4, 0.5) is 10.2 Å². The van der Waals surface area contributed by atoms with E-state index in [1.54, 1.807) is 17.2 Å².